The van der Waals surface area contributed by atoms with E-state index in [-0.39, 0.29) is 17.5 Å². The van der Waals surface area contributed by atoms with E-state index in [4.69, 9.17) is 4.74 Å². The summed E-state index contributed by atoms with van der Waals surface area (Å²) in [5, 5.41) is 11.6. The maximum absolute atomic E-state index is 12.6. The summed E-state index contributed by atoms with van der Waals surface area (Å²) in [7, 11) is 1.50. The quantitative estimate of drug-likeness (QED) is 0.431. The second-order valence-electron chi connectivity index (χ2n) is 6.78. The minimum Gasteiger partial charge on any atom is -0.496 e. The number of benzene rings is 2. The minimum absolute atomic E-state index is 0.00747. The van der Waals surface area contributed by atoms with Crippen LogP contribution in [0.2, 0.25) is 0 Å². The number of rotatable bonds is 5. The van der Waals surface area contributed by atoms with Crippen LogP contribution in [0.3, 0.4) is 0 Å². The molecule has 1 aliphatic heterocycles. The van der Waals surface area contributed by atoms with Crippen molar-refractivity contribution in [3.63, 3.8) is 0 Å². The fourth-order valence-corrected chi connectivity index (χ4v) is 3.43. The average Bonchev–Trinajstić information content (AvgIpc) is 2.77. The number of amides is 2. The van der Waals surface area contributed by atoms with Gasteiger partial charge in [-0.3, -0.25) is 19.7 Å². The Morgan fingerprint density at radius 2 is 1.80 bits per heavy atom. The van der Waals surface area contributed by atoms with Crippen LogP contribution >= 0.6 is 0 Å². The summed E-state index contributed by atoms with van der Waals surface area (Å²) in [6, 6.07) is 12.8. The standard InChI is InChI=1S/C22H22N3O5/c1-16(26)23-12-14-24(15-13-23)21(27)11-10-17-6-5-8-19(25(28)29)22(17)18-7-3-4-9-20(18)30-2/h3-7,9-11H,12-15H2,1-2H3/b11-10+. The van der Waals surface area contributed by atoms with Gasteiger partial charge in [-0.25, -0.2) is 0 Å². The van der Waals surface area contributed by atoms with Crippen molar-refractivity contribution in [1.82, 2.24) is 9.80 Å². The maximum Gasteiger partial charge on any atom is 0.285 e. The Morgan fingerprint density at radius 1 is 1.13 bits per heavy atom. The summed E-state index contributed by atoms with van der Waals surface area (Å²) >= 11 is 0. The topological polar surface area (TPSA) is 93.0 Å². The van der Waals surface area contributed by atoms with Crippen molar-refractivity contribution >= 4 is 23.6 Å². The molecule has 1 heterocycles. The maximum atomic E-state index is 12.6. The molecule has 0 saturated carbocycles. The molecule has 155 valence electrons. The monoisotopic (exact) mass is 408 g/mol. The molecule has 3 rings (SSSR count). The number of piperazine rings is 1. The van der Waals surface area contributed by atoms with Gasteiger partial charge in [-0.1, -0.05) is 24.3 Å². The van der Waals surface area contributed by atoms with Crippen molar-refractivity contribution in [2.75, 3.05) is 33.3 Å². The van der Waals surface area contributed by atoms with Crippen LogP contribution in [0.1, 0.15) is 12.5 Å². The number of hydrogen-bond acceptors (Lipinski definition) is 5. The zero-order chi connectivity index (χ0) is 21.7. The zero-order valence-electron chi connectivity index (χ0n) is 16.8. The highest BCUT2D eigenvalue weighted by Crippen LogP contribution is 2.38. The SMILES string of the molecule is COc1ccccc1-c1c([N+](=O)[O-])[c]ccc1/C=C/C(=O)N1CCN(C(C)=O)CC1. The molecule has 1 saturated heterocycles. The third-order valence-corrected chi connectivity index (χ3v) is 5.01. The predicted octanol–water partition coefficient (Wildman–Crippen LogP) is 2.77. The number of nitro groups is 1. The Hall–Kier alpha value is -3.68. The van der Waals surface area contributed by atoms with Gasteiger partial charge in [-0.05, 0) is 23.8 Å². The first-order chi connectivity index (χ1) is 14.4. The molecule has 0 aromatic heterocycles. The summed E-state index contributed by atoms with van der Waals surface area (Å²) in [6.07, 6.45) is 2.98. The lowest BCUT2D eigenvalue weighted by atomic mass is 9.96. The number of carbonyl (C=O) groups is 2. The van der Waals surface area contributed by atoms with E-state index in [1.54, 1.807) is 46.2 Å². The molecule has 1 fully saturated rings. The zero-order valence-corrected chi connectivity index (χ0v) is 16.8. The van der Waals surface area contributed by atoms with Crippen LogP contribution in [-0.2, 0) is 9.59 Å². The van der Waals surface area contributed by atoms with E-state index < -0.39 is 4.92 Å². The van der Waals surface area contributed by atoms with Crippen LogP contribution in [0, 0.1) is 16.2 Å². The molecule has 0 unspecified atom stereocenters. The average molecular weight is 408 g/mol. The number of methoxy groups -OCH3 is 1. The van der Waals surface area contributed by atoms with E-state index in [9.17, 15) is 19.7 Å². The van der Waals surface area contributed by atoms with Gasteiger partial charge in [0.05, 0.1) is 23.7 Å². The first-order valence-electron chi connectivity index (χ1n) is 9.47. The second-order valence-corrected chi connectivity index (χ2v) is 6.78. The Kier molecular flexibility index (Phi) is 6.46. The molecule has 2 aromatic carbocycles. The van der Waals surface area contributed by atoms with Crippen molar-refractivity contribution in [1.29, 1.82) is 0 Å². The summed E-state index contributed by atoms with van der Waals surface area (Å²) in [5.74, 6) is 0.271. The molecule has 0 atom stereocenters. The predicted molar refractivity (Wildman–Crippen MR) is 112 cm³/mol. The Morgan fingerprint density at radius 3 is 2.43 bits per heavy atom. The molecule has 2 amide bonds. The van der Waals surface area contributed by atoms with E-state index in [0.29, 0.717) is 48.6 Å². The van der Waals surface area contributed by atoms with Gasteiger partial charge in [0, 0.05) is 44.7 Å². The number of nitrogens with zero attached hydrogens (tertiary/aromatic N) is 3. The van der Waals surface area contributed by atoms with Crippen molar-refractivity contribution in [2.45, 2.75) is 6.92 Å². The number of hydrogen-bond donors (Lipinski definition) is 0. The van der Waals surface area contributed by atoms with Crippen LogP contribution in [-0.4, -0.2) is 59.8 Å². The van der Waals surface area contributed by atoms with Gasteiger partial charge >= 0.3 is 0 Å². The van der Waals surface area contributed by atoms with Gasteiger partial charge in [-0.15, -0.1) is 0 Å². The molecule has 8 heteroatoms. The number of nitro benzene ring substituents is 1. The van der Waals surface area contributed by atoms with Crippen molar-refractivity contribution < 1.29 is 19.2 Å². The minimum atomic E-state index is -0.498. The van der Waals surface area contributed by atoms with E-state index >= 15 is 0 Å². The molecular formula is C22H22N3O5. The third kappa shape index (κ3) is 4.48. The fraction of sp³-hybridized carbons (Fsp3) is 0.273. The molecule has 0 bridgehead atoms. The lowest BCUT2D eigenvalue weighted by Gasteiger charge is -2.33. The van der Waals surface area contributed by atoms with Crippen LogP contribution in [0.5, 0.6) is 5.75 Å². The Bertz CT molecular complexity index is 994. The molecule has 30 heavy (non-hydrogen) atoms. The Balaban J connectivity index is 1.91. The van der Waals surface area contributed by atoms with Gasteiger partial charge in [0.15, 0.2) is 0 Å². The highest BCUT2D eigenvalue weighted by molar-refractivity contribution is 5.95. The van der Waals surface area contributed by atoms with Crippen LogP contribution in [0.25, 0.3) is 17.2 Å². The molecule has 1 aliphatic rings. The van der Waals surface area contributed by atoms with E-state index in [2.05, 4.69) is 6.07 Å². The molecular weight excluding hydrogens is 386 g/mol. The first-order valence-corrected chi connectivity index (χ1v) is 9.47. The molecule has 2 aromatic rings. The van der Waals surface area contributed by atoms with Crippen molar-refractivity contribution in [2.24, 2.45) is 0 Å². The molecule has 1 radical (unpaired) electrons. The van der Waals surface area contributed by atoms with Gasteiger partial charge < -0.3 is 14.5 Å². The lowest BCUT2D eigenvalue weighted by Crippen LogP contribution is -2.49. The van der Waals surface area contributed by atoms with Crippen LogP contribution < -0.4 is 4.74 Å². The van der Waals surface area contributed by atoms with E-state index in [0.717, 1.165) is 0 Å². The van der Waals surface area contributed by atoms with Crippen molar-refractivity contribution in [3.8, 4) is 16.9 Å². The summed E-state index contributed by atoms with van der Waals surface area (Å²) in [5.41, 5.74) is 1.21. The summed E-state index contributed by atoms with van der Waals surface area (Å²) < 4.78 is 5.37. The highest BCUT2D eigenvalue weighted by atomic mass is 16.6. The summed E-state index contributed by atoms with van der Waals surface area (Å²) in [6.45, 7) is 3.39. The highest BCUT2D eigenvalue weighted by Gasteiger charge is 2.23. The van der Waals surface area contributed by atoms with Gasteiger partial charge in [0.1, 0.15) is 5.75 Å². The first kappa shape index (κ1) is 21.0. The molecule has 0 aliphatic carbocycles. The molecule has 0 spiro atoms. The van der Waals surface area contributed by atoms with Gasteiger partial charge in [0.2, 0.25) is 11.8 Å². The van der Waals surface area contributed by atoms with Gasteiger partial charge in [-0.2, -0.15) is 0 Å². The third-order valence-electron chi connectivity index (χ3n) is 5.01. The van der Waals surface area contributed by atoms with Gasteiger partial charge in [0.25, 0.3) is 5.69 Å². The second kappa shape index (κ2) is 9.21. The normalized spacial score (nSPS) is 14.1. The molecule has 8 nitrogen and oxygen atoms in total. The number of ether oxygens (including phenoxy) is 1. The number of para-hydroxylation sites is 1. The molecule has 0 N–H and O–H groups in total. The smallest absolute Gasteiger partial charge is 0.285 e. The Labute approximate surface area is 174 Å². The number of carbonyl (C=O) groups excluding carboxylic acids is 2. The van der Waals surface area contributed by atoms with Crippen LogP contribution in [0.4, 0.5) is 5.69 Å². The summed E-state index contributed by atoms with van der Waals surface area (Å²) in [4.78, 5) is 38.5. The van der Waals surface area contributed by atoms with E-state index in [1.807, 2.05) is 0 Å². The fourth-order valence-electron chi connectivity index (χ4n) is 3.43. The van der Waals surface area contributed by atoms with Crippen LogP contribution in [0.15, 0.2) is 42.5 Å². The van der Waals surface area contributed by atoms with Crippen molar-refractivity contribution in [3.05, 3.63) is 64.2 Å². The largest absolute Gasteiger partial charge is 0.496 e. The van der Waals surface area contributed by atoms with E-state index in [1.165, 1.54) is 26.2 Å². The lowest BCUT2D eigenvalue weighted by molar-refractivity contribution is -0.384.